The third-order valence-electron chi connectivity index (χ3n) is 3.41. The van der Waals surface area contributed by atoms with Crippen LogP contribution < -0.4 is 5.32 Å². The second-order valence-electron chi connectivity index (χ2n) is 5.47. The largest absolute Gasteiger partial charge is 0.481 e. The molecule has 0 radical (unpaired) electrons. The van der Waals surface area contributed by atoms with E-state index in [0.29, 0.717) is 25.9 Å². The van der Waals surface area contributed by atoms with E-state index in [1.165, 1.54) is 0 Å². The maximum atomic E-state index is 11.7. The van der Waals surface area contributed by atoms with E-state index in [1.54, 1.807) is 0 Å². The second kappa shape index (κ2) is 7.45. The first-order chi connectivity index (χ1) is 8.89. The molecule has 1 atom stereocenters. The van der Waals surface area contributed by atoms with E-state index < -0.39 is 11.6 Å². The van der Waals surface area contributed by atoms with Gasteiger partial charge in [-0.3, -0.25) is 14.5 Å². The van der Waals surface area contributed by atoms with E-state index in [4.69, 9.17) is 5.11 Å². The van der Waals surface area contributed by atoms with Crippen LogP contribution in [0.5, 0.6) is 0 Å². The van der Waals surface area contributed by atoms with Crippen molar-refractivity contribution in [1.82, 2.24) is 10.2 Å². The highest BCUT2D eigenvalue weighted by Crippen LogP contribution is 2.20. The Morgan fingerprint density at radius 1 is 1.32 bits per heavy atom. The van der Waals surface area contributed by atoms with Crippen LogP contribution in [0.1, 0.15) is 39.0 Å². The van der Waals surface area contributed by atoms with Crippen LogP contribution in [0.25, 0.3) is 0 Å². The molecule has 3 N–H and O–H groups in total. The highest BCUT2D eigenvalue weighted by molar-refractivity contribution is 5.78. The Balaban J connectivity index is 2.19. The predicted molar refractivity (Wildman–Crippen MR) is 70.8 cm³/mol. The molecule has 19 heavy (non-hydrogen) atoms. The summed E-state index contributed by atoms with van der Waals surface area (Å²) in [6.07, 6.45) is 2.87. The molecule has 1 amide bonds. The number of nitrogens with one attached hydrogen (secondary N) is 1. The molecule has 1 unspecified atom stereocenters. The number of amides is 1. The number of likely N-dealkylation sites (tertiary alicyclic amines) is 1. The molecule has 1 heterocycles. The number of hydrogen-bond acceptors (Lipinski definition) is 4. The molecule has 1 saturated heterocycles. The van der Waals surface area contributed by atoms with Gasteiger partial charge in [0.25, 0.3) is 0 Å². The van der Waals surface area contributed by atoms with Crippen molar-refractivity contribution >= 4 is 11.9 Å². The van der Waals surface area contributed by atoms with E-state index in [1.807, 2.05) is 11.8 Å². The average molecular weight is 272 g/mol. The lowest BCUT2D eigenvalue weighted by molar-refractivity contribution is -0.137. The summed E-state index contributed by atoms with van der Waals surface area (Å²) < 4.78 is 0. The van der Waals surface area contributed by atoms with Crippen molar-refractivity contribution in [3.8, 4) is 0 Å². The molecule has 0 saturated carbocycles. The predicted octanol–water partition coefficient (Wildman–Crippen LogP) is 0.204. The molecule has 0 bridgehead atoms. The van der Waals surface area contributed by atoms with E-state index in [0.717, 1.165) is 25.9 Å². The summed E-state index contributed by atoms with van der Waals surface area (Å²) in [6, 6.07) is 0. The molecule has 6 heteroatoms. The van der Waals surface area contributed by atoms with Gasteiger partial charge in [0.2, 0.25) is 5.91 Å². The summed E-state index contributed by atoms with van der Waals surface area (Å²) in [5, 5.41) is 21.1. The van der Waals surface area contributed by atoms with Crippen LogP contribution in [0.15, 0.2) is 0 Å². The summed E-state index contributed by atoms with van der Waals surface area (Å²) in [5.74, 6) is -0.920. The van der Waals surface area contributed by atoms with Gasteiger partial charge in [0, 0.05) is 19.5 Å². The number of hydrogen-bond donors (Lipinski definition) is 3. The lowest BCUT2D eigenvalue weighted by Crippen LogP contribution is -2.38. The van der Waals surface area contributed by atoms with Gasteiger partial charge in [-0.15, -0.1) is 0 Å². The van der Waals surface area contributed by atoms with Crippen LogP contribution >= 0.6 is 0 Å². The molecule has 1 aliphatic rings. The van der Waals surface area contributed by atoms with E-state index in [2.05, 4.69) is 5.32 Å². The lowest BCUT2D eigenvalue weighted by atomic mass is 9.98. The minimum Gasteiger partial charge on any atom is -0.481 e. The fraction of sp³-hybridized carbons (Fsp3) is 0.846. The number of aliphatic carboxylic acids is 1. The number of carbonyl (C=O) groups is 2. The van der Waals surface area contributed by atoms with Gasteiger partial charge in [-0.2, -0.15) is 0 Å². The van der Waals surface area contributed by atoms with Crippen molar-refractivity contribution in [2.45, 2.75) is 44.6 Å². The summed E-state index contributed by atoms with van der Waals surface area (Å²) in [7, 11) is 0. The van der Waals surface area contributed by atoms with Crippen molar-refractivity contribution in [3.05, 3.63) is 0 Å². The Morgan fingerprint density at radius 2 is 2.05 bits per heavy atom. The minimum absolute atomic E-state index is 0.0763. The highest BCUT2D eigenvalue weighted by atomic mass is 16.4. The first-order valence-corrected chi connectivity index (χ1v) is 6.82. The molecule has 1 aliphatic heterocycles. The van der Waals surface area contributed by atoms with Gasteiger partial charge < -0.3 is 15.5 Å². The van der Waals surface area contributed by atoms with Crippen molar-refractivity contribution in [2.75, 3.05) is 26.2 Å². The zero-order valence-electron chi connectivity index (χ0n) is 11.5. The quantitative estimate of drug-likeness (QED) is 0.601. The molecule has 0 aromatic rings. The average Bonchev–Trinajstić information content (AvgIpc) is 2.46. The Labute approximate surface area is 113 Å². The number of aliphatic hydroxyl groups is 1. The first-order valence-electron chi connectivity index (χ1n) is 6.82. The maximum Gasteiger partial charge on any atom is 0.303 e. The SMILES string of the molecule is CC1(O)CCCN(CC(=O)NCCCC(=O)O)CC1. The topological polar surface area (TPSA) is 89.9 Å². The van der Waals surface area contributed by atoms with Crippen LogP contribution in [0.3, 0.4) is 0 Å². The first kappa shape index (κ1) is 15.9. The normalized spacial score (nSPS) is 24.7. The molecule has 0 aromatic heterocycles. The number of nitrogens with zero attached hydrogens (tertiary/aromatic N) is 1. The maximum absolute atomic E-state index is 11.7. The summed E-state index contributed by atoms with van der Waals surface area (Å²) in [6.45, 7) is 4.09. The third-order valence-corrected chi connectivity index (χ3v) is 3.41. The van der Waals surface area contributed by atoms with Crippen LogP contribution in [0.2, 0.25) is 0 Å². The van der Waals surface area contributed by atoms with Crippen molar-refractivity contribution in [2.24, 2.45) is 0 Å². The Hall–Kier alpha value is -1.14. The number of rotatable bonds is 6. The summed E-state index contributed by atoms with van der Waals surface area (Å²) in [5.41, 5.74) is -0.618. The molecule has 1 fully saturated rings. The highest BCUT2D eigenvalue weighted by Gasteiger charge is 2.25. The van der Waals surface area contributed by atoms with Gasteiger partial charge in [-0.1, -0.05) is 0 Å². The minimum atomic E-state index is -0.844. The van der Waals surface area contributed by atoms with Gasteiger partial charge in [0.1, 0.15) is 0 Å². The summed E-state index contributed by atoms with van der Waals surface area (Å²) >= 11 is 0. The van der Waals surface area contributed by atoms with Gasteiger partial charge in [-0.05, 0) is 39.2 Å². The zero-order valence-corrected chi connectivity index (χ0v) is 11.5. The fourth-order valence-electron chi connectivity index (χ4n) is 2.20. The number of carboxylic acid groups (broad SMARTS) is 1. The molecule has 0 aliphatic carbocycles. The van der Waals surface area contributed by atoms with Gasteiger partial charge in [0.05, 0.1) is 12.1 Å². The smallest absolute Gasteiger partial charge is 0.303 e. The Kier molecular flexibility index (Phi) is 6.24. The van der Waals surface area contributed by atoms with Crippen molar-refractivity contribution in [3.63, 3.8) is 0 Å². The van der Waals surface area contributed by atoms with Crippen molar-refractivity contribution in [1.29, 1.82) is 0 Å². The zero-order chi connectivity index (χ0) is 14.3. The standard InChI is InChI=1S/C13H24N2O4/c1-13(19)5-3-8-15(9-6-13)10-11(16)14-7-2-4-12(17)18/h19H,2-10H2,1H3,(H,14,16)(H,17,18). The molecule has 0 spiro atoms. The monoisotopic (exact) mass is 272 g/mol. The Morgan fingerprint density at radius 3 is 2.74 bits per heavy atom. The number of carbonyl (C=O) groups excluding carboxylic acids is 1. The molecule has 110 valence electrons. The van der Waals surface area contributed by atoms with E-state index in [-0.39, 0.29) is 12.3 Å². The second-order valence-corrected chi connectivity index (χ2v) is 5.47. The van der Waals surface area contributed by atoms with Gasteiger partial charge in [-0.25, -0.2) is 0 Å². The third kappa shape index (κ3) is 7.12. The summed E-state index contributed by atoms with van der Waals surface area (Å²) in [4.78, 5) is 24.0. The van der Waals surface area contributed by atoms with Gasteiger partial charge in [0.15, 0.2) is 0 Å². The van der Waals surface area contributed by atoms with Crippen molar-refractivity contribution < 1.29 is 19.8 Å². The molecular weight excluding hydrogens is 248 g/mol. The molecule has 0 aromatic carbocycles. The van der Waals surface area contributed by atoms with E-state index in [9.17, 15) is 14.7 Å². The van der Waals surface area contributed by atoms with Crippen LogP contribution in [-0.2, 0) is 9.59 Å². The molecule has 1 rings (SSSR count). The van der Waals surface area contributed by atoms with Crippen LogP contribution in [0.4, 0.5) is 0 Å². The molecule has 6 nitrogen and oxygen atoms in total. The number of carboxylic acids is 1. The van der Waals surface area contributed by atoms with Crippen LogP contribution in [-0.4, -0.2) is 58.8 Å². The lowest BCUT2D eigenvalue weighted by Gasteiger charge is -2.22. The van der Waals surface area contributed by atoms with E-state index >= 15 is 0 Å². The molecular formula is C13H24N2O4. The van der Waals surface area contributed by atoms with Gasteiger partial charge >= 0.3 is 5.97 Å². The fourth-order valence-corrected chi connectivity index (χ4v) is 2.20. The Bertz CT molecular complexity index is 318. The van der Waals surface area contributed by atoms with Crippen LogP contribution in [0, 0.1) is 0 Å².